The topological polar surface area (TPSA) is 91.0 Å². The molecule has 24 heavy (non-hydrogen) atoms. The standard InChI is InChI=1S/C16H13BrN2O5/c1-23-14-9-10(19(21)22)7-8-13(14)18-15(16(20)24-2)11-5-3-4-6-12(11)17/h3-9H,1-2H3. The van der Waals surface area contributed by atoms with E-state index >= 15 is 0 Å². The van der Waals surface area contributed by atoms with E-state index in [9.17, 15) is 14.9 Å². The number of non-ortho nitro benzene ring substituents is 1. The van der Waals surface area contributed by atoms with Crippen molar-refractivity contribution in [3.8, 4) is 5.75 Å². The summed E-state index contributed by atoms with van der Waals surface area (Å²) in [7, 11) is 2.62. The number of carbonyl (C=O) groups is 1. The van der Waals surface area contributed by atoms with Gasteiger partial charge in [0.2, 0.25) is 0 Å². The van der Waals surface area contributed by atoms with Crippen LogP contribution in [0.25, 0.3) is 0 Å². The van der Waals surface area contributed by atoms with E-state index in [4.69, 9.17) is 9.47 Å². The molecule has 0 saturated heterocycles. The second-order valence-electron chi connectivity index (χ2n) is 4.55. The van der Waals surface area contributed by atoms with Crippen LogP contribution in [0.1, 0.15) is 5.56 Å². The third-order valence-electron chi connectivity index (χ3n) is 3.11. The average Bonchev–Trinajstić information content (AvgIpc) is 2.59. The van der Waals surface area contributed by atoms with E-state index in [1.54, 1.807) is 24.3 Å². The van der Waals surface area contributed by atoms with Crippen LogP contribution in [0.3, 0.4) is 0 Å². The Morgan fingerprint density at radius 2 is 1.92 bits per heavy atom. The molecule has 0 N–H and O–H groups in total. The number of nitro benzene ring substituents is 1. The Morgan fingerprint density at radius 3 is 2.50 bits per heavy atom. The highest BCUT2D eigenvalue weighted by Crippen LogP contribution is 2.32. The van der Waals surface area contributed by atoms with Gasteiger partial charge in [0.25, 0.3) is 5.69 Å². The molecule has 0 heterocycles. The molecule has 0 aliphatic heterocycles. The van der Waals surface area contributed by atoms with Crippen LogP contribution in [0, 0.1) is 10.1 Å². The van der Waals surface area contributed by atoms with Crippen molar-refractivity contribution in [2.24, 2.45) is 4.99 Å². The Labute approximate surface area is 146 Å². The number of halogens is 1. The van der Waals surface area contributed by atoms with Crippen LogP contribution in [-0.2, 0) is 9.53 Å². The third kappa shape index (κ3) is 3.77. The van der Waals surface area contributed by atoms with Crippen LogP contribution < -0.4 is 4.74 Å². The molecule has 0 amide bonds. The van der Waals surface area contributed by atoms with Gasteiger partial charge in [-0.05, 0) is 12.1 Å². The van der Waals surface area contributed by atoms with Crippen molar-refractivity contribution in [3.05, 3.63) is 62.6 Å². The molecule has 124 valence electrons. The van der Waals surface area contributed by atoms with Gasteiger partial charge in [0.1, 0.15) is 5.69 Å². The molecular weight excluding hydrogens is 380 g/mol. The third-order valence-corrected chi connectivity index (χ3v) is 3.81. The monoisotopic (exact) mass is 392 g/mol. The molecule has 0 atom stereocenters. The normalized spacial score (nSPS) is 11.0. The fraction of sp³-hybridized carbons (Fsp3) is 0.125. The van der Waals surface area contributed by atoms with Gasteiger partial charge in [-0.1, -0.05) is 34.1 Å². The molecule has 0 spiro atoms. The molecule has 0 aliphatic carbocycles. The number of esters is 1. The number of benzene rings is 2. The molecule has 8 heteroatoms. The lowest BCUT2D eigenvalue weighted by molar-refractivity contribution is -0.384. The first-order chi connectivity index (χ1) is 11.5. The van der Waals surface area contributed by atoms with Gasteiger partial charge >= 0.3 is 5.97 Å². The lowest BCUT2D eigenvalue weighted by atomic mass is 10.1. The smallest absolute Gasteiger partial charge is 0.357 e. The lowest BCUT2D eigenvalue weighted by Crippen LogP contribution is -2.17. The highest BCUT2D eigenvalue weighted by molar-refractivity contribution is 9.10. The van der Waals surface area contributed by atoms with Crippen LogP contribution in [0.4, 0.5) is 11.4 Å². The maximum Gasteiger partial charge on any atom is 0.357 e. The number of rotatable bonds is 5. The fourth-order valence-electron chi connectivity index (χ4n) is 1.96. The largest absolute Gasteiger partial charge is 0.494 e. The number of hydrogen-bond acceptors (Lipinski definition) is 6. The van der Waals surface area contributed by atoms with Gasteiger partial charge < -0.3 is 9.47 Å². The molecule has 2 rings (SSSR count). The summed E-state index contributed by atoms with van der Waals surface area (Å²) in [6.45, 7) is 0. The number of nitro groups is 1. The Kier molecular flexibility index (Phi) is 5.64. The van der Waals surface area contributed by atoms with E-state index < -0.39 is 10.9 Å². The van der Waals surface area contributed by atoms with Crippen molar-refractivity contribution in [2.75, 3.05) is 14.2 Å². The van der Waals surface area contributed by atoms with E-state index in [0.29, 0.717) is 10.0 Å². The van der Waals surface area contributed by atoms with Crippen LogP contribution >= 0.6 is 15.9 Å². The highest BCUT2D eigenvalue weighted by Gasteiger charge is 2.19. The van der Waals surface area contributed by atoms with Crippen LogP contribution in [0.5, 0.6) is 5.75 Å². The Morgan fingerprint density at radius 1 is 1.21 bits per heavy atom. The zero-order chi connectivity index (χ0) is 17.7. The van der Waals surface area contributed by atoms with Gasteiger partial charge in [-0.3, -0.25) is 10.1 Å². The van der Waals surface area contributed by atoms with Crippen molar-refractivity contribution < 1.29 is 19.2 Å². The number of ether oxygens (including phenoxy) is 2. The van der Waals surface area contributed by atoms with E-state index in [0.717, 1.165) is 0 Å². The fourth-order valence-corrected chi connectivity index (χ4v) is 2.43. The summed E-state index contributed by atoms with van der Waals surface area (Å²) in [4.78, 5) is 26.7. The van der Waals surface area contributed by atoms with Crippen molar-refractivity contribution in [3.63, 3.8) is 0 Å². The minimum atomic E-state index is -0.637. The Bertz CT molecular complexity index is 820. The SMILES string of the molecule is COC(=O)C(=Nc1ccc([N+](=O)[O-])cc1OC)c1ccccc1Br. The zero-order valence-corrected chi connectivity index (χ0v) is 14.4. The summed E-state index contributed by atoms with van der Waals surface area (Å²) in [5.74, 6) is -0.458. The number of aliphatic imine (C=N–C) groups is 1. The summed E-state index contributed by atoms with van der Waals surface area (Å²) in [5, 5.41) is 10.9. The molecular formula is C16H13BrN2O5. The summed E-state index contributed by atoms with van der Waals surface area (Å²) in [6, 6.07) is 11.0. The number of methoxy groups -OCH3 is 2. The van der Waals surface area contributed by atoms with E-state index in [1.807, 2.05) is 0 Å². The molecule has 2 aromatic carbocycles. The first-order valence-electron chi connectivity index (χ1n) is 6.72. The highest BCUT2D eigenvalue weighted by atomic mass is 79.9. The van der Waals surface area contributed by atoms with Crippen molar-refractivity contribution >= 4 is 39.0 Å². The van der Waals surface area contributed by atoms with E-state index in [-0.39, 0.29) is 22.8 Å². The second-order valence-corrected chi connectivity index (χ2v) is 5.40. The number of nitrogens with zero attached hydrogens (tertiary/aromatic N) is 2. The van der Waals surface area contributed by atoms with Crippen LogP contribution in [-0.4, -0.2) is 30.8 Å². The maximum absolute atomic E-state index is 12.1. The quantitative estimate of drug-likeness (QED) is 0.335. The number of hydrogen-bond donors (Lipinski definition) is 0. The second kappa shape index (κ2) is 7.69. The molecule has 0 aromatic heterocycles. The lowest BCUT2D eigenvalue weighted by Gasteiger charge is -2.09. The van der Waals surface area contributed by atoms with Gasteiger partial charge in [0.15, 0.2) is 11.5 Å². The minimum Gasteiger partial charge on any atom is -0.494 e. The molecule has 2 aromatic rings. The van der Waals surface area contributed by atoms with Gasteiger partial charge in [-0.2, -0.15) is 0 Å². The van der Waals surface area contributed by atoms with Gasteiger partial charge in [-0.25, -0.2) is 9.79 Å². The van der Waals surface area contributed by atoms with Crippen molar-refractivity contribution in [2.45, 2.75) is 0 Å². The van der Waals surface area contributed by atoms with E-state index in [1.165, 1.54) is 32.4 Å². The number of carbonyl (C=O) groups excluding carboxylic acids is 1. The average molecular weight is 393 g/mol. The Balaban J connectivity index is 2.61. The van der Waals surface area contributed by atoms with Gasteiger partial charge in [-0.15, -0.1) is 0 Å². The van der Waals surface area contributed by atoms with E-state index in [2.05, 4.69) is 20.9 Å². The summed E-state index contributed by atoms with van der Waals surface area (Å²) < 4.78 is 10.6. The molecule has 0 fully saturated rings. The summed E-state index contributed by atoms with van der Waals surface area (Å²) in [5.41, 5.74) is 0.729. The predicted octanol–water partition coefficient (Wildman–Crippen LogP) is 3.66. The molecule has 0 saturated carbocycles. The Hall–Kier alpha value is -2.74. The molecule has 0 bridgehead atoms. The van der Waals surface area contributed by atoms with Crippen molar-refractivity contribution in [1.82, 2.24) is 0 Å². The zero-order valence-electron chi connectivity index (χ0n) is 12.9. The summed E-state index contributed by atoms with van der Waals surface area (Å²) >= 11 is 3.36. The molecule has 0 aliphatic rings. The molecule has 7 nitrogen and oxygen atoms in total. The maximum atomic E-state index is 12.1. The first kappa shape index (κ1) is 17.6. The summed E-state index contributed by atoms with van der Waals surface area (Å²) in [6.07, 6.45) is 0. The predicted molar refractivity (Wildman–Crippen MR) is 92.0 cm³/mol. The van der Waals surface area contributed by atoms with Crippen LogP contribution in [0.15, 0.2) is 51.9 Å². The van der Waals surface area contributed by atoms with Crippen LogP contribution in [0.2, 0.25) is 0 Å². The van der Waals surface area contributed by atoms with Gasteiger partial charge in [0.05, 0.1) is 25.2 Å². The van der Waals surface area contributed by atoms with Gasteiger partial charge in [0, 0.05) is 16.1 Å². The molecule has 0 radical (unpaired) electrons. The minimum absolute atomic E-state index is 0.0529. The first-order valence-corrected chi connectivity index (χ1v) is 7.51. The molecule has 0 unspecified atom stereocenters. The van der Waals surface area contributed by atoms with Crippen molar-refractivity contribution in [1.29, 1.82) is 0 Å².